The largest absolute Gasteiger partial charge is 0.329 e. The monoisotopic (exact) mass is 268 g/mol. The lowest BCUT2D eigenvalue weighted by Gasteiger charge is -2.24. The molecule has 6 heteroatoms. The van der Waals surface area contributed by atoms with Crippen LogP contribution < -0.4 is 5.73 Å². The molecule has 6 nitrogen and oxygen atoms in total. The van der Waals surface area contributed by atoms with Crippen molar-refractivity contribution in [2.45, 2.75) is 26.9 Å². The zero-order chi connectivity index (χ0) is 14.3. The Balaban J connectivity index is 2.53. The molecule has 0 aliphatic heterocycles. The van der Waals surface area contributed by atoms with Crippen LogP contribution in [-0.2, 0) is 13.1 Å². The van der Waals surface area contributed by atoms with Gasteiger partial charge in [-0.3, -0.25) is 9.58 Å². The third-order valence-electron chi connectivity index (χ3n) is 2.82. The summed E-state index contributed by atoms with van der Waals surface area (Å²) < 4.78 is 1.81. The Labute approximate surface area is 116 Å². The summed E-state index contributed by atoms with van der Waals surface area (Å²) in [7, 11) is 4.20. The molecule has 19 heavy (non-hydrogen) atoms. The van der Waals surface area contributed by atoms with Crippen molar-refractivity contribution in [3.63, 3.8) is 0 Å². The van der Waals surface area contributed by atoms with E-state index in [1.54, 1.807) is 0 Å². The molecule has 0 spiro atoms. The van der Waals surface area contributed by atoms with Crippen molar-refractivity contribution in [3.05, 3.63) is 11.9 Å². The highest BCUT2D eigenvalue weighted by Gasteiger charge is 2.11. The van der Waals surface area contributed by atoms with Gasteiger partial charge in [0.1, 0.15) is 0 Å². The minimum Gasteiger partial charge on any atom is -0.329 e. The van der Waals surface area contributed by atoms with Gasteiger partial charge in [-0.15, -0.1) is 5.10 Å². The van der Waals surface area contributed by atoms with Crippen molar-refractivity contribution in [1.29, 1.82) is 0 Å². The second-order valence-electron chi connectivity index (χ2n) is 5.69. The number of rotatable bonds is 9. The third kappa shape index (κ3) is 6.66. The molecule has 0 saturated heterocycles. The summed E-state index contributed by atoms with van der Waals surface area (Å²) in [6.45, 7) is 9.86. The Kier molecular flexibility index (Phi) is 6.97. The number of nitrogens with zero attached hydrogens (tertiary/aromatic N) is 5. The van der Waals surface area contributed by atoms with E-state index in [-0.39, 0.29) is 0 Å². The zero-order valence-corrected chi connectivity index (χ0v) is 12.7. The van der Waals surface area contributed by atoms with Gasteiger partial charge in [-0.05, 0) is 20.0 Å². The Morgan fingerprint density at radius 2 is 2.05 bits per heavy atom. The fraction of sp³-hybridized carbons (Fsp3) is 0.846. The average molecular weight is 268 g/mol. The van der Waals surface area contributed by atoms with Crippen LogP contribution in [0, 0.1) is 5.92 Å². The van der Waals surface area contributed by atoms with E-state index in [9.17, 15) is 0 Å². The van der Waals surface area contributed by atoms with Gasteiger partial charge in [0.15, 0.2) is 0 Å². The maximum absolute atomic E-state index is 5.51. The number of likely N-dealkylation sites (N-methyl/N-ethyl adjacent to an activating group) is 1. The highest BCUT2D eigenvalue weighted by Crippen LogP contribution is 2.05. The highest BCUT2D eigenvalue weighted by atomic mass is 15.4. The first-order chi connectivity index (χ1) is 9.01. The van der Waals surface area contributed by atoms with Gasteiger partial charge in [0, 0.05) is 38.9 Å². The van der Waals surface area contributed by atoms with Crippen molar-refractivity contribution in [2.75, 3.05) is 40.3 Å². The predicted octanol–water partition coefficient (Wildman–Crippen LogP) is 0.256. The molecule has 0 radical (unpaired) electrons. The van der Waals surface area contributed by atoms with Gasteiger partial charge in [-0.25, -0.2) is 0 Å². The summed E-state index contributed by atoms with van der Waals surface area (Å²) in [5.74, 6) is 0.654. The van der Waals surface area contributed by atoms with Gasteiger partial charge in [0.2, 0.25) is 0 Å². The molecule has 2 N–H and O–H groups in total. The van der Waals surface area contributed by atoms with Crippen LogP contribution in [-0.4, -0.2) is 65.1 Å². The molecule has 1 rings (SSSR count). The topological polar surface area (TPSA) is 63.2 Å². The van der Waals surface area contributed by atoms with E-state index in [0.29, 0.717) is 12.5 Å². The summed E-state index contributed by atoms with van der Waals surface area (Å²) in [5, 5.41) is 8.29. The van der Waals surface area contributed by atoms with E-state index in [2.05, 4.69) is 48.1 Å². The van der Waals surface area contributed by atoms with Gasteiger partial charge in [0.25, 0.3) is 0 Å². The van der Waals surface area contributed by atoms with E-state index in [4.69, 9.17) is 5.73 Å². The normalized spacial score (nSPS) is 12.0. The first kappa shape index (κ1) is 16.1. The van der Waals surface area contributed by atoms with Gasteiger partial charge in [-0.2, -0.15) is 0 Å². The Bertz CT molecular complexity index is 347. The third-order valence-corrected chi connectivity index (χ3v) is 2.82. The molecular weight excluding hydrogens is 240 g/mol. The summed E-state index contributed by atoms with van der Waals surface area (Å²) in [5.41, 5.74) is 6.53. The van der Waals surface area contributed by atoms with Gasteiger partial charge >= 0.3 is 0 Å². The fourth-order valence-electron chi connectivity index (χ4n) is 1.97. The van der Waals surface area contributed by atoms with E-state index in [1.807, 2.05) is 10.9 Å². The number of nitrogens with two attached hydrogens (primary N) is 1. The summed E-state index contributed by atoms with van der Waals surface area (Å²) in [6.07, 6.45) is 2.00. The molecule has 1 heterocycles. The molecule has 0 saturated carbocycles. The van der Waals surface area contributed by atoms with E-state index < -0.39 is 0 Å². The van der Waals surface area contributed by atoms with Crippen molar-refractivity contribution < 1.29 is 0 Å². The second-order valence-corrected chi connectivity index (χ2v) is 5.69. The molecule has 1 aromatic heterocycles. The summed E-state index contributed by atoms with van der Waals surface area (Å²) in [4.78, 5) is 4.64. The Hall–Kier alpha value is -0.980. The lowest BCUT2D eigenvalue weighted by Crippen LogP contribution is -2.34. The highest BCUT2D eigenvalue weighted by molar-refractivity contribution is 4.92. The smallest absolute Gasteiger partial charge is 0.0967 e. The SMILES string of the molecule is CC(C)CN(CCN(C)C)Cc1cn(CCN)nn1. The molecule has 0 bridgehead atoms. The van der Waals surface area contributed by atoms with Crippen LogP contribution in [0.3, 0.4) is 0 Å². The first-order valence-electron chi connectivity index (χ1n) is 6.97. The molecule has 1 aromatic rings. The van der Waals surface area contributed by atoms with Crippen LogP contribution in [0.15, 0.2) is 6.20 Å². The quantitative estimate of drug-likeness (QED) is 0.696. The predicted molar refractivity (Wildman–Crippen MR) is 77.7 cm³/mol. The molecule has 0 amide bonds. The molecule has 110 valence electrons. The summed E-state index contributed by atoms with van der Waals surface area (Å²) >= 11 is 0. The van der Waals surface area contributed by atoms with E-state index >= 15 is 0 Å². The van der Waals surface area contributed by atoms with Gasteiger partial charge < -0.3 is 10.6 Å². The van der Waals surface area contributed by atoms with Crippen LogP contribution >= 0.6 is 0 Å². The van der Waals surface area contributed by atoms with E-state index in [1.165, 1.54) is 0 Å². The maximum atomic E-state index is 5.51. The van der Waals surface area contributed by atoms with Gasteiger partial charge in [0.05, 0.1) is 12.2 Å². The lowest BCUT2D eigenvalue weighted by molar-refractivity contribution is 0.209. The summed E-state index contributed by atoms with van der Waals surface area (Å²) in [6, 6.07) is 0. The molecule has 0 aliphatic carbocycles. The zero-order valence-electron chi connectivity index (χ0n) is 12.7. The van der Waals surface area contributed by atoms with Crippen LogP contribution in [0.4, 0.5) is 0 Å². The molecule has 0 aromatic carbocycles. The Morgan fingerprint density at radius 1 is 1.32 bits per heavy atom. The Morgan fingerprint density at radius 3 is 2.63 bits per heavy atom. The lowest BCUT2D eigenvalue weighted by atomic mass is 10.2. The standard InChI is InChI=1S/C13H28N6/c1-12(2)9-18(8-7-17(3)4)10-13-11-19(6-5-14)16-15-13/h11-12H,5-10,14H2,1-4H3. The number of hydrogen-bond acceptors (Lipinski definition) is 5. The van der Waals surface area contributed by atoms with Crippen molar-refractivity contribution in [3.8, 4) is 0 Å². The average Bonchev–Trinajstić information content (AvgIpc) is 2.73. The van der Waals surface area contributed by atoms with Crippen LogP contribution in [0.25, 0.3) is 0 Å². The van der Waals surface area contributed by atoms with Crippen molar-refractivity contribution >= 4 is 0 Å². The molecule has 0 unspecified atom stereocenters. The van der Waals surface area contributed by atoms with Crippen LogP contribution in [0.5, 0.6) is 0 Å². The first-order valence-corrected chi connectivity index (χ1v) is 6.97. The molecule has 0 atom stereocenters. The molecule has 0 fully saturated rings. The minimum absolute atomic E-state index is 0.596. The minimum atomic E-state index is 0.596. The molecule has 0 aliphatic rings. The maximum Gasteiger partial charge on any atom is 0.0967 e. The number of aromatic nitrogens is 3. The van der Waals surface area contributed by atoms with Crippen LogP contribution in [0.1, 0.15) is 19.5 Å². The van der Waals surface area contributed by atoms with Gasteiger partial charge in [-0.1, -0.05) is 19.1 Å². The van der Waals surface area contributed by atoms with Crippen molar-refractivity contribution in [1.82, 2.24) is 24.8 Å². The van der Waals surface area contributed by atoms with Crippen LogP contribution in [0.2, 0.25) is 0 Å². The second kappa shape index (κ2) is 8.24. The fourth-order valence-corrected chi connectivity index (χ4v) is 1.97. The van der Waals surface area contributed by atoms with E-state index in [0.717, 1.165) is 38.4 Å². The number of hydrogen-bond donors (Lipinski definition) is 1. The molecular formula is C13H28N6. The van der Waals surface area contributed by atoms with Crippen molar-refractivity contribution in [2.24, 2.45) is 11.7 Å².